The van der Waals surface area contributed by atoms with Crippen molar-refractivity contribution < 1.29 is 26.8 Å². The van der Waals surface area contributed by atoms with E-state index in [1.165, 1.54) is 11.1 Å². The second-order valence-electron chi connectivity index (χ2n) is 30.0. The summed E-state index contributed by atoms with van der Waals surface area (Å²) in [7, 11) is -4.36. The average molecular weight is 1090 g/mol. The molecule has 0 aliphatic carbocycles. The van der Waals surface area contributed by atoms with Crippen molar-refractivity contribution in [1.29, 1.82) is 0 Å². The Morgan fingerprint density at radius 2 is 0.744 bits per heavy atom. The molecular formula is C69H89NO6P2. The zero-order valence-corrected chi connectivity index (χ0v) is 53.4. The van der Waals surface area contributed by atoms with Crippen molar-refractivity contribution in [2.45, 2.75) is 209 Å². The molecule has 0 bridgehead atoms. The van der Waals surface area contributed by atoms with Gasteiger partial charge in [0.1, 0.15) is 28.4 Å². The minimum atomic E-state index is -2.23. The van der Waals surface area contributed by atoms with Gasteiger partial charge in [-0.2, -0.15) is 0 Å². The summed E-state index contributed by atoms with van der Waals surface area (Å²) in [6.07, 6.45) is 0. The first-order valence-corrected chi connectivity index (χ1v) is 30.1. The smallest absolute Gasteiger partial charge is 0.422 e. The molecule has 0 radical (unpaired) electrons. The van der Waals surface area contributed by atoms with Gasteiger partial charge in [-0.1, -0.05) is 221 Å². The van der Waals surface area contributed by atoms with Crippen LogP contribution < -0.4 is 18.2 Å². The Kier molecular flexibility index (Phi) is 15.0. The highest BCUT2D eigenvalue weighted by atomic mass is 31.2. The largest absolute Gasteiger partial charge is 0.453 e. The quantitative estimate of drug-likeness (QED) is 0.155. The van der Waals surface area contributed by atoms with Gasteiger partial charge in [0.2, 0.25) is 0 Å². The van der Waals surface area contributed by atoms with Crippen LogP contribution in [0.5, 0.6) is 17.2 Å². The second kappa shape index (κ2) is 20.0. The molecule has 416 valence electrons. The average Bonchev–Trinajstić information content (AvgIpc) is 3.71. The maximum absolute atomic E-state index is 14.9. The van der Waals surface area contributed by atoms with Crippen LogP contribution in [-0.4, -0.2) is 5.91 Å². The van der Waals surface area contributed by atoms with Crippen LogP contribution in [0.3, 0.4) is 0 Å². The second-order valence-corrected chi connectivity index (χ2v) is 32.2. The molecule has 0 fully saturated rings. The van der Waals surface area contributed by atoms with E-state index in [1.807, 2.05) is 54.6 Å². The third-order valence-corrected chi connectivity index (χ3v) is 17.4. The monoisotopic (exact) mass is 1090 g/mol. The number of anilines is 1. The Morgan fingerprint density at radius 3 is 1.14 bits per heavy atom. The zero-order chi connectivity index (χ0) is 57.8. The lowest BCUT2D eigenvalue weighted by molar-refractivity contribution is 0.0995. The minimum absolute atomic E-state index is 0.157. The van der Waals surface area contributed by atoms with Crippen molar-refractivity contribution in [2.75, 3.05) is 4.67 Å². The van der Waals surface area contributed by atoms with E-state index >= 15 is 0 Å². The van der Waals surface area contributed by atoms with Gasteiger partial charge in [-0.15, -0.1) is 0 Å². The third kappa shape index (κ3) is 11.9. The number of amides is 1. The van der Waals surface area contributed by atoms with Crippen LogP contribution in [0.4, 0.5) is 5.69 Å². The molecule has 1 aliphatic heterocycles. The van der Waals surface area contributed by atoms with Crippen LogP contribution in [-0.2, 0) is 43.3 Å². The van der Waals surface area contributed by atoms with Gasteiger partial charge in [0.25, 0.3) is 5.91 Å². The van der Waals surface area contributed by atoms with Crippen molar-refractivity contribution in [3.8, 4) is 28.4 Å². The lowest BCUT2D eigenvalue weighted by atomic mass is 9.75. The molecule has 78 heavy (non-hydrogen) atoms. The van der Waals surface area contributed by atoms with E-state index in [2.05, 4.69) is 215 Å². The lowest BCUT2D eigenvalue weighted by Gasteiger charge is -2.36. The Labute approximate surface area is 470 Å². The van der Waals surface area contributed by atoms with Crippen molar-refractivity contribution in [3.05, 3.63) is 153 Å². The summed E-state index contributed by atoms with van der Waals surface area (Å²) in [6, 6.07) is 35.7. The summed E-state index contributed by atoms with van der Waals surface area (Å²) in [5, 5.41) is 2.01. The Bertz CT molecular complexity index is 3380. The van der Waals surface area contributed by atoms with Gasteiger partial charge in [-0.3, -0.25) is 4.79 Å². The van der Waals surface area contributed by atoms with E-state index in [9.17, 15) is 4.79 Å². The summed E-state index contributed by atoms with van der Waals surface area (Å²) in [6.45, 7) is 54.2. The summed E-state index contributed by atoms with van der Waals surface area (Å²) >= 11 is 0. The molecule has 6 aromatic carbocycles. The van der Waals surface area contributed by atoms with Crippen LogP contribution >= 0.6 is 16.8 Å². The van der Waals surface area contributed by atoms with E-state index in [0.717, 1.165) is 66.4 Å². The molecule has 2 heterocycles. The standard InChI is InChI=1S/C69H89NO6P2/c1-62(2,3)42-34-48(57(52(38-42)66(13,14)15)73-77-70(46-30-26-25-27-31-46)61(71)47-32-28-29-33-56(47)72-77)49-35-43(63(4,5)6)39-53(67(16,17)18)58(49)74-78-75-59-50(36-44(64(7,8)9)40-54(59)68(19,20)21)51-37-45(65(10,11)12)41-55(60(51)76-78)69(22,23)24/h25-41H,1-24H3. The molecule has 1 amide bonds. The van der Waals surface area contributed by atoms with Gasteiger partial charge in [0.15, 0.2) is 0 Å². The fourth-order valence-corrected chi connectivity index (χ4v) is 12.5. The van der Waals surface area contributed by atoms with Gasteiger partial charge in [-0.05, 0) is 114 Å². The summed E-state index contributed by atoms with van der Waals surface area (Å²) < 4.78 is 39.1. The topological polar surface area (TPSA) is 74.3 Å². The van der Waals surface area contributed by atoms with E-state index in [-0.39, 0.29) is 38.4 Å². The Balaban J connectivity index is 1.56. The molecule has 9 heteroatoms. The lowest BCUT2D eigenvalue weighted by Crippen LogP contribution is -2.33. The highest BCUT2D eigenvalue weighted by Gasteiger charge is 2.42. The van der Waals surface area contributed by atoms with Crippen molar-refractivity contribution >= 4 is 50.3 Å². The SMILES string of the molecule is CC(C)(C)c1cc(-c2cc(C(C)(C)C)cc(C(C)(C)C)c2Op2oc3c(C(C)(C)C)cc(C(C)(C)C)cc3c3cc(C(C)(C)C)cc(C(C)(C)C)c3o2)c(OP2Oc3ccccc3C(=O)N2c2ccccc2)c(C(C)(C)C)c1. The Hall–Kier alpha value is -5.48. The molecule has 0 saturated heterocycles. The molecule has 1 aromatic heterocycles. The maximum atomic E-state index is 14.9. The third-order valence-electron chi connectivity index (χ3n) is 14.9. The molecule has 0 saturated carbocycles. The summed E-state index contributed by atoms with van der Waals surface area (Å²) in [4.78, 5) is 14.9. The zero-order valence-electron chi connectivity index (χ0n) is 51.6. The van der Waals surface area contributed by atoms with Crippen molar-refractivity contribution in [1.82, 2.24) is 0 Å². The van der Waals surface area contributed by atoms with Crippen molar-refractivity contribution in [3.63, 3.8) is 0 Å². The van der Waals surface area contributed by atoms with Crippen LogP contribution in [0.25, 0.3) is 33.1 Å². The van der Waals surface area contributed by atoms with E-state index in [4.69, 9.17) is 22.0 Å². The summed E-state index contributed by atoms with van der Waals surface area (Å²) in [5.74, 6) is 1.56. The molecule has 7 nitrogen and oxygen atoms in total. The fraction of sp³-hybridized carbons (Fsp3) is 0.464. The number of carbonyl (C=O) groups excluding carboxylic acids is 1. The molecular weight excluding hydrogens is 1000 g/mol. The number of benzene rings is 6. The number of hydrogen-bond acceptors (Lipinski definition) is 6. The Morgan fingerprint density at radius 1 is 0.385 bits per heavy atom. The van der Waals surface area contributed by atoms with Crippen molar-refractivity contribution in [2.24, 2.45) is 0 Å². The normalized spacial score (nSPS) is 15.2. The predicted octanol–water partition coefficient (Wildman–Crippen LogP) is 21.5. The highest BCUT2D eigenvalue weighted by molar-refractivity contribution is 7.51. The first-order valence-electron chi connectivity index (χ1n) is 27.9. The van der Waals surface area contributed by atoms with Gasteiger partial charge in [0, 0.05) is 44.2 Å². The molecule has 1 aliphatic rings. The molecule has 1 atom stereocenters. The van der Waals surface area contributed by atoms with Crippen LogP contribution in [0, 0.1) is 0 Å². The molecule has 1 unspecified atom stereocenters. The van der Waals surface area contributed by atoms with Crippen LogP contribution in [0.1, 0.15) is 221 Å². The van der Waals surface area contributed by atoms with E-state index < -0.39 is 27.6 Å². The number of rotatable bonds is 6. The van der Waals surface area contributed by atoms with Gasteiger partial charge in [0.05, 0.1) is 11.3 Å². The van der Waals surface area contributed by atoms with Gasteiger partial charge in [-0.25, -0.2) is 4.67 Å². The molecule has 0 N–H and O–H groups in total. The fourth-order valence-electron chi connectivity index (χ4n) is 9.90. The molecule has 8 rings (SSSR count). The number of nitrogens with zero attached hydrogens (tertiary/aromatic N) is 1. The van der Waals surface area contributed by atoms with Gasteiger partial charge < -0.3 is 22.0 Å². The van der Waals surface area contributed by atoms with E-state index in [0.29, 0.717) is 28.5 Å². The first-order chi connectivity index (χ1) is 35.6. The minimum Gasteiger partial charge on any atom is -0.422 e. The van der Waals surface area contributed by atoms with Crippen LogP contribution in [0.2, 0.25) is 0 Å². The first kappa shape index (κ1) is 58.7. The number of fused-ring (bicyclic) bond motifs is 4. The molecule has 7 aromatic rings. The van der Waals surface area contributed by atoms with E-state index in [1.54, 1.807) is 4.67 Å². The number of para-hydroxylation sites is 2. The number of hydrogen-bond donors (Lipinski definition) is 0. The highest BCUT2D eigenvalue weighted by Crippen LogP contribution is 2.58. The number of carbonyl (C=O) groups is 1. The maximum Gasteiger partial charge on any atom is 0.453 e. The molecule has 0 spiro atoms. The van der Waals surface area contributed by atoms with Crippen LogP contribution in [0.15, 0.2) is 112 Å². The predicted molar refractivity (Wildman–Crippen MR) is 332 cm³/mol. The summed E-state index contributed by atoms with van der Waals surface area (Å²) in [5.41, 5.74) is 10.8. The van der Waals surface area contributed by atoms with Gasteiger partial charge >= 0.3 is 16.8 Å².